The summed E-state index contributed by atoms with van der Waals surface area (Å²) in [4.78, 5) is 0. The Morgan fingerprint density at radius 2 is 1.58 bits per heavy atom. The third-order valence-corrected chi connectivity index (χ3v) is 4.55. The molecule has 0 aromatic heterocycles. The summed E-state index contributed by atoms with van der Waals surface area (Å²) < 4.78 is 6.10. The summed E-state index contributed by atoms with van der Waals surface area (Å²) in [6.45, 7) is 15.0. The Kier molecular flexibility index (Phi) is 10.7. The summed E-state index contributed by atoms with van der Waals surface area (Å²) >= 11 is 0. The van der Waals surface area contributed by atoms with Crippen molar-refractivity contribution in [1.82, 2.24) is 0 Å². The van der Waals surface area contributed by atoms with E-state index in [1.807, 2.05) is 0 Å². The Balaban J connectivity index is 4.24. The molecule has 0 aliphatic rings. The van der Waals surface area contributed by atoms with Gasteiger partial charge >= 0.3 is 0 Å². The van der Waals surface area contributed by atoms with Crippen molar-refractivity contribution >= 4 is 0 Å². The highest BCUT2D eigenvalue weighted by Crippen LogP contribution is 2.38. The van der Waals surface area contributed by atoms with Crippen molar-refractivity contribution in [3.63, 3.8) is 0 Å². The van der Waals surface area contributed by atoms with Gasteiger partial charge in [0, 0.05) is 6.61 Å². The maximum atomic E-state index is 6.10. The summed E-state index contributed by atoms with van der Waals surface area (Å²) in [5.41, 5.74) is 0.413. The van der Waals surface area contributed by atoms with Gasteiger partial charge in [0.15, 0.2) is 0 Å². The van der Waals surface area contributed by atoms with Gasteiger partial charge in [-0.25, -0.2) is 0 Å². The number of ether oxygens (including phenoxy) is 1. The smallest absolute Gasteiger partial charge is 0.0577 e. The van der Waals surface area contributed by atoms with Crippen LogP contribution in [0.5, 0.6) is 0 Å². The summed E-state index contributed by atoms with van der Waals surface area (Å²) in [7, 11) is 0. The van der Waals surface area contributed by atoms with Gasteiger partial charge < -0.3 is 4.74 Å². The largest absolute Gasteiger partial charge is 0.378 e. The van der Waals surface area contributed by atoms with Crippen molar-refractivity contribution < 1.29 is 4.74 Å². The van der Waals surface area contributed by atoms with Crippen molar-refractivity contribution in [2.75, 3.05) is 6.61 Å². The van der Waals surface area contributed by atoms with E-state index in [1.54, 1.807) is 0 Å². The lowest BCUT2D eigenvalue weighted by molar-refractivity contribution is 0.00255. The molecule has 0 bridgehead atoms. The highest BCUT2D eigenvalue weighted by atomic mass is 16.5. The molecule has 1 nitrogen and oxygen atoms in total. The van der Waals surface area contributed by atoms with Gasteiger partial charge in [-0.05, 0) is 30.6 Å². The van der Waals surface area contributed by atoms with E-state index in [4.69, 9.17) is 4.74 Å². The molecule has 0 radical (unpaired) electrons. The van der Waals surface area contributed by atoms with Gasteiger partial charge in [0.05, 0.1) is 6.10 Å². The molecule has 2 unspecified atom stereocenters. The molecule has 0 amide bonds. The van der Waals surface area contributed by atoms with E-state index in [0.717, 1.165) is 18.9 Å². The van der Waals surface area contributed by atoms with E-state index in [2.05, 4.69) is 41.5 Å². The molecule has 0 aromatic carbocycles. The highest BCUT2D eigenvalue weighted by Gasteiger charge is 2.30. The van der Waals surface area contributed by atoms with Gasteiger partial charge in [0.1, 0.15) is 0 Å². The van der Waals surface area contributed by atoms with Crippen molar-refractivity contribution in [3.8, 4) is 0 Å². The molecule has 0 aromatic rings. The molecule has 0 aliphatic heterocycles. The van der Waals surface area contributed by atoms with Crippen LogP contribution in [0.2, 0.25) is 0 Å². The summed E-state index contributed by atoms with van der Waals surface area (Å²) in [5, 5.41) is 0. The van der Waals surface area contributed by atoms with Crippen LogP contribution in [0, 0.1) is 11.3 Å². The standard InChI is InChI=1S/C18H38O/c1-7-11-12-14-19-17(10-4)15-18(5,6)16(9-3)13-8-2/h16-17H,7-15H2,1-6H3. The predicted molar refractivity (Wildman–Crippen MR) is 86.6 cm³/mol. The molecule has 0 saturated heterocycles. The van der Waals surface area contributed by atoms with Gasteiger partial charge in [0.2, 0.25) is 0 Å². The molecule has 2 atom stereocenters. The topological polar surface area (TPSA) is 9.23 Å². The van der Waals surface area contributed by atoms with Crippen molar-refractivity contribution in [3.05, 3.63) is 0 Å². The second-order valence-corrected chi connectivity index (χ2v) is 6.69. The highest BCUT2D eigenvalue weighted by molar-refractivity contribution is 4.80. The maximum Gasteiger partial charge on any atom is 0.0577 e. The minimum absolute atomic E-state index is 0.413. The Morgan fingerprint density at radius 1 is 0.895 bits per heavy atom. The number of hydrogen-bond donors (Lipinski definition) is 0. The third kappa shape index (κ3) is 7.97. The average Bonchev–Trinajstić information content (AvgIpc) is 2.39. The minimum Gasteiger partial charge on any atom is -0.378 e. The van der Waals surface area contributed by atoms with Crippen LogP contribution in [-0.4, -0.2) is 12.7 Å². The molecule has 0 aliphatic carbocycles. The number of unbranched alkanes of at least 4 members (excludes halogenated alkanes) is 2. The van der Waals surface area contributed by atoms with E-state index in [1.165, 1.54) is 44.9 Å². The first kappa shape index (κ1) is 19.0. The van der Waals surface area contributed by atoms with Gasteiger partial charge in [-0.3, -0.25) is 0 Å². The van der Waals surface area contributed by atoms with Crippen LogP contribution in [0.4, 0.5) is 0 Å². The SMILES string of the molecule is CCCCCOC(CC)CC(C)(C)C(CC)CCC. The number of rotatable bonds is 12. The zero-order chi connectivity index (χ0) is 14.7. The monoisotopic (exact) mass is 270 g/mol. The van der Waals surface area contributed by atoms with Crippen LogP contribution in [0.15, 0.2) is 0 Å². The molecule has 0 heterocycles. The first-order valence-electron chi connectivity index (χ1n) is 8.63. The Hall–Kier alpha value is -0.0400. The predicted octanol–water partition coefficient (Wildman–Crippen LogP) is 6.21. The van der Waals surface area contributed by atoms with E-state index in [-0.39, 0.29) is 0 Å². The van der Waals surface area contributed by atoms with Crippen LogP contribution < -0.4 is 0 Å². The summed E-state index contributed by atoms with van der Waals surface area (Å²) in [5.74, 6) is 0.839. The van der Waals surface area contributed by atoms with Gasteiger partial charge in [0.25, 0.3) is 0 Å². The lowest BCUT2D eigenvalue weighted by Crippen LogP contribution is -2.30. The Bertz CT molecular complexity index is 198. The lowest BCUT2D eigenvalue weighted by Gasteiger charge is -2.36. The van der Waals surface area contributed by atoms with Crippen LogP contribution in [0.1, 0.15) is 92.9 Å². The molecule has 116 valence electrons. The second kappa shape index (κ2) is 10.7. The zero-order valence-corrected chi connectivity index (χ0v) is 14.4. The number of hydrogen-bond acceptors (Lipinski definition) is 1. The van der Waals surface area contributed by atoms with Crippen LogP contribution >= 0.6 is 0 Å². The Labute approximate surface area is 122 Å². The van der Waals surface area contributed by atoms with Gasteiger partial charge in [-0.15, -0.1) is 0 Å². The fraction of sp³-hybridized carbons (Fsp3) is 1.00. The van der Waals surface area contributed by atoms with Crippen LogP contribution in [-0.2, 0) is 4.74 Å². The van der Waals surface area contributed by atoms with Crippen LogP contribution in [0.25, 0.3) is 0 Å². The first-order valence-corrected chi connectivity index (χ1v) is 8.63. The van der Waals surface area contributed by atoms with E-state index >= 15 is 0 Å². The quantitative estimate of drug-likeness (QED) is 0.383. The lowest BCUT2D eigenvalue weighted by atomic mass is 9.71. The second-order valence-electron chi connectivity index (χ2n) is 6.69. The van der Waals surface area contributed by atoms with E-state index in [0.29, 0.717) is 11.5 Å². The van der Waals surface area contributed by atoms with Gasteiger partial charge in [-0.1, -0.05) is 73.6 Å². The maximum absolute atomic E-state index is 6.10. The van der Waals surface area contributed by atoms with Crippen molar-refractivity contribution in [2.45, 2.75) is 99.0 Å². The fourth-order valence-corrected chi connectivity index (χ4v) is 3.17. The molecule has 0 rings (SSSR count). The Morgan fingerprint density at radius 3 is 2.05 bits per heavy atom. The summed E-state index contributed by atoms with van der Waals surface area (Å²) in [6.07, 6.45) is 10.6. The molecule has 0 fully saturated rings. The normalized spacial score (nSPS) is 15.5. The van der Waals surface area contributed by atoms with Gasteiger partial charge in [-0.2, -0.15) is 0 Å². The van der Waals surface area contributed by atoms with Crippen molar-refractivity contribution in [1.29, 1.82) is 0 Å². The molecule has 1 heteroatoms. The van der Waals surface area contributed by atoms with Crippen molar-refractivity contribution in [2.24, 2.45) is 11.3 Å². The third-order valence-electron chi connectivity index (χ3n) is 4.55. The molecule has 19 heavy (non-hydrogen) atoms. The van der Waals surface area contributed by atoms with E-state index < -0.39 is 0 Å². The van der Waals surface area contributed by atoms with Crippen LogP contribution in [0.3, 0.4) is 0 Å². The molecular formula is C18H38O. The first-order chi connectivity index (χ1) is 9.01. The molecule has 0 saturated carbocycles. The summed E-state index contributed by atoms with van der Waals surface area (Å²) in [6, 6.07) is 0. The minimum atomic E-state index is 0.413. The molecule has 0 spiro atoms. The fourth-order valence-electron chi connectivity index (χ4n) is 3.17. The van der Waals surface area contributed by atoms with E-state index in [9.17, 15) is 0 Å². The molecule has 0 N–H and O–H groups in total. The molecular weight excluding hydrogens is 232 g/mol. The average molecular weight is 271 g/mol. The zero-order valence-electron chi connectivity index (χ0n) is 14.4.